The van der Waals surface area contributed by atoms with Crippen LogP contribution in [-0.2, 0) is 10.3 Å². The van der Waals surface area contributed by atoms with Crippen LogP contribution in [0.2, 0.25) is 0 Å². The van der Waals surface area contributed by atoms with E-state index in [4.69, 9.17) is 0 Å². The highest BCUT2D eigenvalue weighted by atomic mass is 19.1. The Bertz CT molecular complexity index is 590. The van der Waals surface area contributed by atoms with Gasteiger partial charge in [0, 0.05) is 18.7 Å². The maximum absolute atomic E-state index is 14.0. The van der Waals surface area contributed by atoms with Crippen molar-refractivity contribution in [2.24, 2.45) is 5.92 Å². The third-order valence-corrected chi connectivity index (χ3v) is 4.67. The Hall–Kier alpha value is -1.53. The molecule has 1 aliphatic carbocycles. The van der Waals surface area contributed by atoms with Gasteiger partial charge in [-0.2, -0.15) is 0 Å². The Kier molecular flexibility index (Phi) is 3.91. The molecule has 1 aliphatic heterocycles. The number of rotatable bonds is 3. The number of aliphatic hydroxyl groups excluding tert-OH is 1. The van der Waals surface area contributed by atoms with Crippen molar-refractivity contribution in [1.29, 1.82) is 0 Å². The molecule has 0 aromatic heterocycles. The number of aliphatic hydroxyl groups is 1. The van der Waals surface area contributed by atoms with Crippen LogP contribution < -0.4 is 5.32 Å². The summed E-state index contributed by atoms with van der Waals surface area (Å²) >= 11 is 0. The number of hydrogen-bond acceptors (Lipinski definition) is 3. The smallest absolute Gasteiger partial charge is 0.227 e. The summed E-state index contributed by atoms with van der Waals surface area (Å²) in [5, 5.41) is 12.9. The second-order valence-electron chi connectivity index (χ2n) is 6.42. The second-order valence-corrected chi connectivity index (χ2v) is 6.42. The molecule has 22 heavy (non-hydrogen) atoms. The molecule has 0 radical (unpaired) electrons. The summed E-state index contributed by atoms with van der Waals surface area (Å²) in [5.41, 5.74) is -0.626. The molecule has 1 aromatic carbocycles. The molecular formula is C16H20F2N2O2. The SMILES string of the molecule is CN1CC[C@H](O)[C@H](C(=O)NC2(c3cc(F)ccc3F)CC2)C1. The number of benzene rings is 1. The molecule has 1 amide bonds. The lowest BCUT2D eigenvalue weighted by molar-refractivity contribution is -0.132. The fraction of sp³-hybridized carbons (Fsp3) is 0.562. The molecule has 120 valence electrons. The number of likely N-dealkylation sites (tertiary alicyclic amines) is 1. The standard InChI is InChI=1S/C16H20F2N2O2/c1-20-7-4-14(21)11(9-20)15(22)19-16(5-6-16)12-8-10(17)2-3-13(12)18/h2-3,8,11,14,21H,4-7,9H2,1H3,(H,19,22)/t11-,14+/m1/s1. The second kappa shape index (κ2) is 5.59. The first-order valence-electron chi connectivity index (χ1n) is 7.55. The van der Waals surface area contributed by atoms with Gasteiger partial charge in [0.25, 0.3) is 0 Å². The first-order chi connectivity index (χ1) is 10.4. The molecule has 1 saturated heterocycles. The molecule has 3 rings (SSSR count). The van der Waals surface area contributed by atoms with Crippen LogP contribution in [0.5, 0.6) is 0 Å². The largest absolute Gasteiger partial charge is 0.392 e. The number of carbonyl (C=O) groups excluding carboxylic acids is 1. The lowest BCUT2D eigenvalue weighted by Gasteiger charge is -2.34. The van der Waals surface area contributed by atoms with Crippen LogP contribution in [0.1, 0.15) is 24.8 Å². The molecule has 6 heteroatoms. The van der Waals surface area contributed by atoms with Gasteiger partial charge in [0.2, 0.25) is 5.91 Å². The van der Waals surface area contributed by atoms with E-state index in [9.17, 15) is 18.7 Å². The van der Waals surface area contributed by atoms with Gasteiger partial charge < -0.3 is 15.3 Å². The molecule has 0 unspecified atom stereocenters. The molecule has 2 N–H and O–H groups in total. The van der Waals surface area contributed by atoms with Crippen LogP contribution in [0, 0.1) is 17.6 Å². The number of nitrogens with zero attached hydrogens (tertiary/aromatic N) is 1. The molecule has 2 aliphatic rings. The lowest BCUT2D eigenvalue weighted by atomic mass is 9.93. The Morgan fingerprint density at radius 1 is 1.41 bits per heavy atom. The number of halogens is 2. The monoisotopic (exact) mass is 310 g/mol. The van der Waals surface area contributed by atoms with Gasteiger partial charge in [-0.05, 0) is 44.5 Å². The van der Waals surface area contributed by atoms with Crippen LogP contribution in [-0.4, -0.2) is 42.2 Å². The van der Waals surface area contributed by atoms with E-state index in [-0.39, 0.29) is 11.5 Å². The van der Waals surface area contributed by atoms with Gasteiger partial charge in [-0.15, -0.1) is 0 Å². The third kappa shape index (κ3) is 2.85. The van der Waals surface area contributed by atoms with Crippen molar-refractivity contribution in [3.63, 3.8) is 0 Å². The average Bonchev–Trinajstić information content (AvgIpc) is 3.24. The van der Waals surface area contributed by atoms with E-state index < -0.39 is 29.2 Å². The number of hydrogen-bond donors (Lipinski definition) is 2. The first-order valence-corrected chi connectivity index (χ1v) is 7.55. The Balaban J connectivity index is 1.77. The van der Waals surface area contributed by atoms with E-state index in [1.54, 1.807) is 0 Å². The van der Waals surface area contributed by atoms with Crippen LogP contribution in [0.4, 0.5) is 8.78 Å². The molecule has 1 saturated carbocycles. The highest BCUT2D eigenvalue weighted by Gasteiger charge is 2.49. The average molecular weight is 310 g/mol. The fourth-order valence-corrected chi connectivity index (χ4v) is 3.14. The summed E-state index contributed by atoms with van der Waals surface area (Å²) in [6, 6.07) is 3.29. The van der Waals surface area contributed by atoms with Crippen molar-refractivity contribution in [3.05, 3.63) is 35.4 Å². The van der Waals surface area contributed by atoms with Gasteiger partial charge >= 0.3 is 0 Å². The molecule has 1 heterocycles. The maximum Gasteiger partial charge on any atom is 0.227 e. The number of piperidine rings is 1. The van der Waals surface area contributed by atoms with Gasteiger partial charge in [0.15, 0.2) is 0 Å². The highest BCUT2D eigenvalue weighted by Crippen LogP contribution is 2.47. The molecule has 0 bridgehead atoms. The molecule has 2 fully saturated rings. The predicted octanol–water partition coefficient (Wildman–Crippen LogP) is 1.38. The van der Waals surface area contributed by atoms with Gasteiger partial charge in [-0.3, -0.25) is 4.79 Å². The summed E-state index contributed by atoms with van der Waals surface area (Å²) in [5.74, 6) is -1.86. The normalized spacial score (nSPS) is 27.5. The van der Waals surface area contributed by atoms with Crippen molar-refractivity contribution < 1.29 is 18.7 Å². The van der Waals surface area contributed by atoms with Crippen molar-refractivity contribution in [2.45, 2.75) is 30.9 Å². The molecule has 4 nitrogen and oxygen atoms in total. The summed E-state index contributed by atoms with van der Waals surface area (Å²) in [4.78, 5) is 14.5. The topological polar surface area (TPSA) is 52.6 Å². The zero-order valence-corrected chi connectivity index (χ0v) is 12.5. The molecule has 2 atom stereocenters. The summed E-state index contributed by atoms with van der Waals surface area (Å²) in [6.45, 7) is 1.21. The summed E-state index contributed by atoms with van der Waals surface area (Å²) < 4.78 is 27.3. The van der Waals surface area contributed by atoms with Crippen molar-refractivity contribution in [2.75, 3.05) is 20.1 Å². The van der Waals surface area contributed by atoms with Gasteiger partial charge in [0.05, 0.1) is 17.6 Å². The summed E-state index contributed by atoms with van der Waals surface area (Å²) in [6.07, 6.45) is 1.01. The van der Waals surface area contributed by atoms with Crippen molar-refractivity contribution in [3.8, 4) is 0 Å². The molecule has 1 aromatic rings. The Morgan fingerprint density at radius 3 is 2.82 bits per heavy atom. The van der Waals surface area contributed by atoms with Gasteiger partial charge in [-0.1, -0.05) is 0 Å². The summed E-state index contributed by atoms with van der Waals surface area (Å²) in [7, 11) is 1.89. The first kappa shape index (κ1) is 15.4. The van der Waals surface area contributed by atoms with E-state index in [1.807, 2.05) is 11.9 Å². The van der Waals surface area contributed by atoms with Gasteiger partial charge in [-0.25, -0.2) is 8.78 Å². The Morgan fingerprint density at radius 2 is 2.14 bits per heavy atom. The molecule has 0 spiro atoms. The number of nitrogens with one attached hydrogen (secondary N) is 1. The minimum absolute atomic E-state index is 0.194. The van der Waals surface area contributed by atoms with Crippen molar-refractivity contribution >= 4 is 5.91 Å². The van der Waals surface area contributed by atoms with E-state index in [0.717, 1.165) is 24.7 Å². The van der Waals surface area contributed by atoms with E-state index in [0.29, 0.717) is 25.8 Å². The highest BCUT2D eigenvalue weighted by molar-refractivity contribution is 5.81. The number of amides is 1. The third-order valence-electron chi connectivity index (χ3n) is 4.67. The van der Waals surface area contributed by atoms with E-state index >= 15 is 0 Å². The van der Waals surface area contributed by atoms with E-state index in [1.165, 1.54) is 0 Å². The van der Waals surface area contributed by atoms with Gasteiger partial charge in [0.1, 0.15) is 11.6 Å². The fourth-order valence-electron chi connectivity index (χ4n) is 3.14. The van der Waals surface area contributed by atoms with Crippen LogP contribution >= 0.6 is 0 Å². The number of carbonyl (C=O) groups is 1. The minimum Gasteiger partial charge on any atom is -0.392 e. The van der Waals surface area contributed by atoms with Crippen molar-refractivity contribution in [1.82, 2.24) is 10.2 Å². The molecular weight excluding hydrogens is 290 g/mol. The predicted molar refractivity (Wildman–Crippen MR) is 77.0 cm³/mol. The zero-order chi connectivity index (χ0) is 15.9. The van der Waals surface area contributed by atoms with Crippen LogP contribution in [0.25, 0.3) is 0 Å². The Labute approximate surface area is 128 Å². The van der Waals surface area contributed by atoms with Crippen LogP contribution in [0.15, 0.2) is 18.2 Å². The quantitative estimate of drug-likeness (QED) is 0.887. The van der Waals surface area contributed by atoms with Crippen LogP contribution in [0.3, 0.4) is 0 Å². The maximum atomic E-state index is 14.0. The zero-order valence-electron chi connectivity index (χ0n) is 12.5. The van der Waals surface area contributed by atoms with E-state index in [2.05, 4.69) is 5.32 Å². The minimum atomic E-state index is -0.820. The lowest BCUT2D eigenvalue weighted by Crippen LogP contribution is -2.51.